The summed E-state index contributed by atoms with van der Waals surface area (Å²) in [7, 11) is 0. The SMILES string of the molecule is O=C(O)[C@H]1CCC[C@H]1C(=O)Nc1ccccc1C(F)(F)F. The number of carbonyl (C=O) groups excluding carboxylic acids is 1. The zero-order valence-electron chi connectivity index (χ0n) is 11.0. The molecule has 1 aliphatic rings. The van der Waals surface area contributed by atoms with E-state index in [1.165, 1.54) is 12.1 Å². The number of rotatable bonds is 3. The molecule has 0 aromatic heterocycles. The standard InChI is InChI=1S/C14H14F3NO3/c15-14(16,17)10-6-1-2-7-11(10)18-12(19)8-4-3-5-9(8)13(20)21/h1-2,6-9H,3-5H2,(H,18,19)(H,20,21)/t8-,9+/m1/s1. The highest BCUT2D eigenvalue weighted by molar-refractivity contribution is 5.96. The number of aliphatic carboxylic acids is 1. The molecule has 0 unspecified atom stereocenters. The number of para-hydroxylation sites is 1. The fourth-order valence-electron chi connectivity index (χ4n) is 2.63. The molecular weight excluding hydrogens is 287 g/mol. The van der Waals surface area contributed by atoms with E-state index in [0.29, 0.717) is 19.3 Å². The Morgan fingerprint density at radius 2 is 1.76 bits per heavy atom. The molecule has 0 aliphatic heterocycles. The lowest BCUT2D eigenvalue weighted by Crippen LogP contribution is -2.30. The first kappa shape index (κ1) is 15.3. The van der Waals surface area contributed by atoms with Crippen LogP contribution in [0.2, 0.25) is 0 Å². The van der Waals surface area contributed by atoms with Crippen molar-refractivity contribution in [3.05, 3.63) is 29.8 Å². The lowest BCUT2D eigenvalue weighted by atomic mass is 9.95. The Hall–Kier alpha value is -2.05. The Morgan fingerprint density at radius 3 is 2.38 bits per heavy atom. The minimum Gasteiger partial charge on any atom is -0.481 e. The van der Waals surface area contributed by atoms with Crippen LogP contribution in [-0.4, -0.2) is 17.0 Å². The molecule has 0 radical (unpaired) electrons. The topological polar surface area (TPSA) is 66.4 Å². The molecular formula is C14H14F3NO3. The predicted molar refractivity (Wildman–Crippen MR) is 68.5 cm³/mol. The number of halogens is 3. The minimum atomic E-state index is -4.58. The number of nitrogens with one attached hydrogen (secondary N) is 1. The van der Waals surface area contributed by atoms with Gasteiger partial charge in [-0.1, -0.05) is 18.6 Å². The van der Waals surface area contributed by atoms with Gasteiger partial charge in [0.1, 0.15) is 0 Å². The fraction of sp³-hybridized carbons (Fsp3) is 0.429. The van der Waals surface area contributed by atoms with Crippen molar-refractivity contribution < 1.29 is 27.9 Å². The second-order valence-corrected chi connectivity index (χ2v) is 5.01. The maximum Gasteiger partial charge on any atom is 0.418 e. The van der Waals surface area contributed by atoms with Crippen molar-refractivity contribution in [2.24, 2.45) is 11.8 Å². The van der Waals surface area contributed by atoms with Crippen LogP contribution in [0.4, 0.5) is 18.9 Å². The highest BCUT2D eigenvalue weighted by Gasteiger charge is 2.39. The third-order valence-electron chi connectivity index (χ3n) is 3.66. The van der Waals surface area contributed by atoms with E-state index in [9.17, 15) is 22.8 Å². The summed E-state index contributed by atoms with van der Waals surface area (Å²) in [6.45, 7) is 0. The van der Waals surface area contributed by atoms with Gasteiger partial charge in [-0.3, -0.25) is 9.59 Å². The number of amides is 1. The van der Waals surface area contributed by atoms with Crippen molar-refractivity contribution in [2.75, 3.05) is 5.32 Å². The number of hydrogen-bond donors (Lipinski definition) is 2. The summed E-state index contributed by atoms with van der Waals surface area (Å²) in [5.74, 6) is -3.37. The van der Waals surface area contributed by atoms with Crippen LogP contribution in [0.5, 0.6) is 0 Å². The molecule has 1 aliphatic carbocycles. The molecule has 2 rings (SSSR count). The highest BCUT2D eigenvalue weighted by atomic mass is 19.4. The van der Waals surface area contributed by atoms with Gasteiger partial charge in [-0.25, -0.2) is 0 Å². The van der Waals surface area contributed by atoms with Crippen LogP contribution in [0.25, 0.3) is 0 Å². The molecule has 2 atom stereocenters. The van der Waals surface area contributed by atoms with Crippen molar-refractivity contribution in [2.45, 2.75) is 25.4 Å². The van der Waals surface area contributed by atoms with Gasteiger partial charge in [0.2, 0.25) is 5.91 Å². The summed E-state index contributed by atoms with van der Waals surface area (Å²) in [5.41, 5.74) is -1.28. The highest BCUT2D eigenvalue weighted by Crippen LogP contribution is 2.36. The molecule has 7 heteroatoms. The number of carboxylic acids is 1. The Morgan fingerprint density at radius 1 is 1.14 bits per heavy atom. The van der Waals surface area contributed by atoms with Crippen molar-refractivity contribution in [1.82, 2.24) is 0 Å². The lowest BCUT2D eigenvalue weighted by molar-refractivity contribution is -0.145. The number of alkyl halides is 3. The molecule has 1 aromatic rings. The number of benzene rings is 1. The van der Waals surface area contributed by atoms with E-state index in [4.69, 9.17) is 5.11 Å². The lowest BCUT2D eigenvalue weighted by Gasteiger charge is -2.18. The molecule has 1 saturated carbocycles. The monoisotopic (exact) mass is 301 g/mol. The molecule has 21 heavy (non-hydrogen) atoms. The van der Waals surface area contributed by atoms with Gasteiger partial charge < -0.3 is 10.4 Å². The summed E-state index contributed by atoms with van der Waals surface area (Å²) in [5, 5.41) is 11.2. The average molecular weight is 301 g/mol. The van der Waals surface area contributed by atoms with Crippen molar-refractivity contribution in [1.29, 1.82) is 0 Å². The van der Waals surface area contributed by atoms with Gasteiger partial charge in [-0.15, -0.1) is 0 Å². The van der Waals surface area contributed by atoms with E-state index in [0.717, 1.165) is 12.1 Å². The first-order valence-electron chi connectivity index (χ1n) is 6.50. The second-order valence-electron chi connectivity index (χ2n) is 5.01. The zero-order chi connectivity index (χ0) is 15.6. The fourth-order valence-corrected chi connectivity index (χ4v) is 2.63. The third kappa shape index (κ3) is 3.34. The molecule has 2 N–H and O–H groups in total. The normalized spacial score (nSPS) is 22.0. The van der Waals surface area contributed by atoms with Crippen LogP contribution < -0.4 is 5.32 Å². The van der Waals surface area contributed by atoms with E-state index in [1.807, 2.05) is 0 Å². The Bertz CT molecular complexity index is 557. The van der Waals surface area contributed by atoms with Crippen LogP contribution in [0.15, 0.2) is 24.3 Å². The molecule has 114 valence electrons. The molecule has 1 fully saturated rings. The molecule has 4 nitrogen and oxygen atoms in total. The molecule has 0 bridgehead atoms. The van der Waals surface area contributed by atoms with E-state index in [-0.39, 0.29) is 5.69 Å². The van der Waals surface area contributed by atoms with Gasteiger partial charge >= 0.3 is 12.1 Å². The van der Waals surface area contributed by atoms with E-state index < -0.39 is 35.5 Å². The smallest absolute Gasteiger partial charge is 0.418 e. The largest absolute Gasteiger partial charge is 0.481 e. The molecule has 0 spiro atoms. The third-order valence-corrected chi connectivity index (χ3v) is 3.66. The van der Waals surface area contributed by atoms with Crippen LogP contribution in [-0.2, 0) is 15.8 Å². The Labute approximate surface area is 119 Å². The van der Waals surface area contributed by atoms with E-state index in [1.54, 1.807) is 0 Å². The van der Waals surface area contributed by atoms with Gasteiger partial charge in [0.25, 0.3) is 0 Å². The maximum absolute atomic E-state index is 12.8. The van der Waals surface area contributed by atoms with Crippen LogP contribution in [0, 0.1) is 11.8 Å². The zero-order valence-corrected chi connectivity index (χ0v) is 11.0. The molecule has 0 heterocycles. The first-order chi connectivity index (χ1) is 9.80. The number of anilines is 1. The van der Waals surface area contributed by atoms with Crippen molar-refractivity contribution >= 4 is 17.6 Å². The summed E-state index contributed by atoms with van der Waals surface area (Å²) in [4.78, 5) is 23.1. The molecule has 1 aromatic carbocycles. The first-order valence-corrected chi connectivity index (χ1v) is 6.50. The van der Waals surface area contributed by atoms with Crippen LogP contribution in [0.1, 0.15) is 24.8 Å². The predicted octanol–water partition coefficient (Wildman–Crippen LogP) is 3.14. The van der Waals surface area contributed by atoms with Gasteiger partial charge in [-0.2, -0.15) is 13.2 Å². The van der Waals surface area contributed by atoms with E-state index >= 15 is 0 Å². The van der Waals surface area contributed by atoms with Gasteiger partial charge in [0.15, 0.2) is 0 Å². The summed E-state index contributed by atoms with van der Waals surface area (Å²) in [6, 6.07) is 4.65. The Balaban J connectivity index is 2.19. The van der Waals surface area contributed by atoms with Gasteiger partial charge in [0.05, 0.1) is 23.1 Å². The summed E-state index contributed by atoms with van der Waals surface area (Å²) in [6.07, 6.45) is -3.26. The number of carbonyl (C=O) groups is 2. The number of hydrogen-bond acceptors (Lipinski definition) is 2. The number of carboxylic acid groups (broad SMARTS) is 1. The van der Waals surface area contributed by atoms with Crippen LogP contribution in [0.3, 0.4) is 0 Å². The summed E-state index contributed by atoms with van der Waals surface area (Å²) >= 11 is 0. The quantitative estimate of drug-likeness (QED) is 0.901. The van der Waals surface area contributed by atoms with Crippen LogP contribution >= 0.6 is 0 Å². The molecule has 0 saturated heterocycles. The van der Waals surface area contributed by atoms with Crippen molar-refractivity contribution in [3.8, 4) is 0 Å². The van der Waals surface area contributed by atoms with Gasteiger partial charge in [0, 0.05) is 0 Å². The summed E-state index contributed by atoms with van der Waals surface area (Å²) < 4.78 is 38.5. The average Bonchev–Trinajstić information content (AvgIpc) is 2.87. The minimum absolute atomic E-state index is 0.342. The Kier molecular flexibility index (Phi) is 4.20. The second kappa shape index (κ2) is 5.75. The van der Waals surface area contributed by atoms with Crippen molar-refractivity contribution in [3.63, 3.8) is 0 Å². The molecule has 1 amide bonds. The van der Waals surface area contributed by atoms with E-state index in [2.05, 4.69) is 5.32 Å². The maximum atomic E-state index is 12.8. The van der Waals surface area contributed by atoms with Gasteiger partial charge in [-0.05, 0) is 25.0 Å².